The summed E-state index contributed by atoms with van der Waals surface area (Å²) in [6.45, 7) is 1.88. The van der Waals surface area contributed by atoms with Crippen LogP contribution >= 0.6 is 0 Å². The molecule has 0 aromatic carbocycles. The average Bonchev–Trinajstić information content (AvgIpc) is 2.25. The van der Waals surface area contributed by atoms with Crippen molar-refractivity contribution in [2.24, 2.45) is 0 Å². The third-order valence-corrected chi connectivity index (χ3v) is 2.21. The Kier molecular flexibility index (Phi) is 7.95. The second-order valence-corrected chi connectivity index (χ2v) is 3.74. The first-order valence-corrected chi connectivity index (χ1v) is 5.67. The predicted octanol–water partition coefficient (Wildman–Crippen LogP) is 3.08. The van der Waals surface area contributed by atoms with E-state index in [-0.39, 0.29) is 13.0 Å². The summed E-state index contributed by atoms with van der Waals surface area (Å²) >= 11 is 0. The van der Waals surface area contributed by atoms with Gasteiger partial charge < -0.3 is 9.47 Å². The van der Waals surface area contributed by atoms with Crippen LogP contribution in [0.5, 0.6) is 0 Å². The number of methoxy groups -OCH3 is 1. The molecule has 0 bridgehead atoms. The van der Waals surface area contributed by atoms with Gasteiger partial charge in [0.1, 0.15) is 0 Å². The second kappa shape index (κ2) is 8.33. The number of halogens is 3. The average molecular weight is 256 g/mol. The van der Waals surface area contributed by atoms with Gasteiger partial charge in [0.2, 0.25) is 0 Å². The maximum Gasteiger partial charge on any atom is 0.389 e. The standard InChI is InChI=1S/C11H19F3O3/c1-3-4-6-9(10(15)16-2)17-8-5-7-11(12,13)14/h9H,3-8H2,1-2H3. The Morgan fingerprint density at radius 2 is 1.94 bits per heavy atom. The summed E-state index contributed by atoms with van der Waals surface area (Å²) in [7, 11) is 1.24. The zero-order chi connectivity index (χ0) is 13.3. The van der Waals surface area contributed by atoms with Crippen molar-refractivity contribution in [1.29, 1.82) is 0 Å². The fourth-order valence-corrected chi connectivity index (χ4v) is 1.29. The first kappa shape index (κ1) is 16.2. The van der Waals surface area contributed by atoms with Crippen molar-refractivity contribution in [2.75, 3.05) is 13.7 Å². The van der Waals surface area contributed by atoms with Gasteiger partial charge in [-0.25, -0.2) is 4.79 Å². The Morgan fingerprint density at radius 3 is 2.41 bits per heavy atom. The maximum absolute atomic E-state index is 11.9. The van der Waals surface area contributed by atoms with Crippen LogP contribution in [0.25, 0.3) is 0 Å². The summed E-state index contributed by atoms with van der Waals surface area (Å²) in [4.78, 5) is 11.2. The molecule has 0 aromatic heterocycles. The number of alkyl halides is 3. The van der Waals surface area contributed by atoms with E-state index in [9.17, 15) is 18.0 Å². The van der Waals surface area contributed by atoms with Crippen LogP contribution in [-0.2, 0) is 14.3 Å². The largest absolute Gasteiger partial charge is 0.467 e. The van der Waals surface area contributed by atoms with Gasteiger partial charge in [-0.2, -0.15) is 13.2 Å². The van der Waals surface area contributed by atoms with E-state index in [1.807, 2.05) is 6.92 Å². The number of hydrogen-bond donors (Lipinski definition) is 0. The van der Waals surface area contributed by atoms with Crippen LogP contribution in [0.4, 0.5) is 13.2 Å². The molecule has 0 saturated carbocycles. The molecule has 0 aliphatic carbocycles. The van der Waals surface area contributed by atoms with Crippen molar-refractivity contribution in [1.82, 2.24) is 0 Å². The van der Waals surface area contributed by atoms with E-state index in [0.717, 1.165) is 12.8 Å². The lowest BCUT2D eigenvalue weighted by Gasteiger charge is -2.15. The van der Waals surface area contributed by atoms with E-state index in [1.54, 1.807) is 0 Å². The number of rotatable bonds is 8. The van der Waals surface area contributed by atoms with Crippen LogP contribution in [-0.4, -0.2) is 32.0 Å². The van der Waals surface area contributed by atoms with Gasteiger partial charge in [-0.05, 0) is 12.8 Å². The van der Waals surface area contributed by atoms with Crippen LogP contribution in [0.15, 0.2) is 0 Å². The fourth-order valence-electron chi connectivity index (χ4n) is 1.29. The molecular formula is C11H19F3O3. The van der Waals surface area contributed by atoms with Crippen molar-refractivity contribution in [3.63, 3.8) is 0 Å². The first-order valence-electron chi connectivity index (χ1n) is 5.67. The lowest BCUT2D eigenvalue weighted by atomic mass is 10.1. The number of esters is 1. The van der Waals surface area contributed by atoms with Crippen molar-refractivity contribution >= 4 is 5.97 Å². The van der Waals surface area contributed by atoms with Crippen molar-refractivity contribution in [3.05, 3.63) is 0 Å². The topological polar surface area (TPSA) is 35.5 Å². The SMILES string of the molecule is CCCCC(OCCCC(F)(F)F)C(=O)OC. The Hall–Kier alpha value is -0.780. The van der Waals surface area contributed by atoms with Crippen molar-refractivity contribution in [2.45, 2.75) is 51.3 Å². The van der Waals surface area contributed by atoms with Crippen LogP contribution in [0.2, 0.25) is 0 Å². The minimum atomic E-state index is -4.17. The van der Waals surface area contributed by atoms with Crippen LogP contribution in [0.3, 0.4) is 0 Å². The van der Waals surface area contributed by atoms with Crippen molar-refractivity contribution < 1.29 is 27.4 Å². The minimum absolute atomic E-state index is 0.0804. The van der Waals surface area contributed by atoms with Gasteiger partial charge >= 0.3 is 12.1 Å². The highest BCUT2D eigenvalue weighted by molar-refractivity contribution is 5.74. The molecule has 0 saturated heterocycles. The lowest BCUT2D eigenvalue weighted by Crippen LogP contribution is -2.26. The number of unbranched alkanes of at least 4 members (excludes halogenated alkanes) is 1. The van der Waals surface area contributed by atoms with Crippen LogP contribution < -0.4 is 0 Å². The van der Waals surface area contributed by atoms with Gasteiger partial charge in [0.05, 0.1) is 7.11 Å². The zero-order valence-corrected chi connectivity index (χ0v) is 10.2. The monoisotopic (exact) mass is 256 g/mol. The third kappa shape index (κ3) is 8.97. The molecule has 1 atom stereocenters. The summed E-state index contributed by atoms with van der Waals surface area (Å²) < 4.78 is 45.2. The van der Waals surface area contributed by atoms with Gasteiger partial charge in [-0.3, -0.25) is 0 Å². The summed E-state index contributed by atoms with van der Waals surface area (Å²) in [6.07, 6.45) is -3.80. The molecule has 1 unspecified atom stereocenters. The van der Waals surface area contributed by atoms with E-state index in [4.69, 9.17) is 4.74 Å². The predicted molar refractivity (Wildman–Crippen MR) is 56.6 cm³/mol. The molecule has 0 radical (unpaired) electrons. The van der Waals surface area contributed by atoms with Gasteiger partial charge in [-0.15, -0.1) is 0 Å². The molecule has 0 aromatic rings. The fraction of sp³-hybridized carbons (Fsp3) is 0.909. The Balaban J connectivity index is 3.87. The summed E-state index contributed by atoms with van der Waals surface area (Å²) in [5.74, 6) is -0.523. The number of hydrogen-bond acceptors (Lipinski definition) is 3. The van der Waals surface area contributed by atoms with Gasteiger partial charge in [0.15, 0.2) is 6.10 Å². The molecule has 0 heterocycles. The Labute approximate surface area is 99.3 Å². The summed E-state index contributed by atoms with van der Waals surface area (Å²) in [5, 5.41) is 0. The normalized spacial score (nSPS) is 13.5. The third-order valence-electron chi connectivity index (χ3n) is 2.21. The Morgan fingerprint density at radius 1 is 1.29 bits per heavy atom. The molecule has 0 amide bonds. The summed E-state index contributed by atoms with van der Waals surface area (Å²) in [6, 6.07) is 0. The van der Waals surface area contributed by atoms with Gasteiger partial charge in [-0.1, -0.05) is 19.8 Å². The van der Waals surface area contributed by atoms with Crippen LogP contribution in [0.1, 0.15) is 39.0 Å². The first-order chi connectivity index (χ1) is 7.90. The van der Waals surface area contributed by atoms with E-state index in [2.05, 4.69) is 4.74 Å². The molecular weight excluding hydrogens is 237 g/mol. The molecule has 0 aliphatic rings. The van der Waals surface area contributed by atoms with Gasteiger partial charge in [0.25, 0.3) is 0 Å². The Bertz CT molecular complexity index is 216. The quantitative estimate of drug-likeness (QED) is 0.494. The van der Waals surface area contributed by atoms with E-state index in [1.165, 1.54) is 7.11 Å². The smallest absolute Gasteiger partial charge is 0.389 e. The number of carbonyl (C=O) groups excluding carboxylic acids is 1. The number of ether oxygens (including phenoxy) is 2. The zero-order valence-electron chi connectivity index (χ0n) is 10.2. The van der Waals surface area contributed by atoms with Gasteiger partial charge in [0, 0.05) is 13.0 Å². The highest BCUT2D eigenvalue weighted by Crippen LogP contribution is 2.21. The van der Waals surface area contributed by atoms with E-state index in [0.29, 0.717) is 6.42 Å². The molecule has 6 heteroatoms. The van der Waals surface area contributed by atoms with Crippen molar-refractivity contribution in [3.8, 4) is 0 Å². The van der Waals surface area contributed by atoms with E-state index >= 15 is 0 Å². The molecule has 102 valence electrons. The number of carbonyl (C=O) groups is 1. The minimum Gasteiger partial charge on any atom is -0.467 e. The molecule has 0 fully saturated rings. The molecule has 0 spiro atoms. The van der Waals surface area contributed by atoms with Crippen LogP contribution in [0, 0.1) is 0 Å². The highest BCUT2D eigenvalue weighted by atomic mass is 19.4. The molecule has 0 aliphatic heterocycles. The van der Waals surface area contributed by atoms with E-state index < -0.39 is 24.7 Å². The lowest BCUT2D eigenvalue weighted by molar-refractivity contribution is -0.156. The maximum atomic E-state index is 11.9. The molecule has 0 rings (SSSR count). The molecule has 17 heavy (non-hydrogen) atoms. The summed E-state index contributed by atoms with van der Waals surface area (Å²) in [5.41, 5.74) is 0. The molecule has 3 nitrogen and oxygen atoms in total. The molecule has 0 N–H and O–H groups in total. The highest BCUT2D eigenvalue weighted by Gasteiger charge is 2.26. The second-order valence-electron chi connectivity index (χ2n) is 3.74.